The molecule has 0 aromatic carbocycles. The SMILES string of the molecule is O=C(O)[C@@H]1CCCN1c1ccc(Br)c(C(F)(F)F)n1. The maximum absolute atomic E-state index is 12.7. The van der Waals surface area contributed by atoms with Crippen LogP contribution in [0.3, 0.4) is 0 Å². The number of hydrogen-bond acceptors (Lipinski definition) is 3. The molecule has 0 radical (unpaired) electrons. The highest BCUT2D eigenvalue weighted by molar-refractivity contribution is 9.10. The van der Waals surface area contributed by atoms with Crippen LogP contribution in [-0.2, 0) is 11.0 Å². The van der Waals surface area contributed by atoms with E-state index in [1.54, 1.807) is 0 Å². The lowest BCUT2D eigenvalue weighted by molar-refractivity contribution is -0.141. The first kappa shape index (κ1) is 14.1. The van der Waals surface area contributed by atoms with Gasteiger partial charge in [-0.3, -0.25) is 0 Å². The number of aromatic nitrogens is 1. The number of carbonyl (C=O) groups is 1. The Morgan fingerprint density at radius 3 is 2.74 bits per heavy atom. The van der Waals surface area contributed by atoms with Crippen molar-refractivity contribution in [1.29, 1.82) is 0 Å². The molecule has 2 rings (SSSR count). The summed E-state index contributed by atoms with van der Waals surface area (Å²) in [5.74, 6) is -1.00. The molecule has 1 fully saturated rings. The van der Waals surface area contributed by atoms with Crippen molar-refractivity contribution >= 4 is 27.7 Å². The van der Waals surface area contributed by atoms with Gasteiger partial charge >= 0.3 is 12.1 Å². The van der Waals surface area contributed by atoms with Gasteiger partial charge in [-0.2, -0.15) is 13.2 Å². The van der Waals surface area contributed by atoms with Crippen molar-refractivity contribution in [2.75, 3.05) is 11.4 Å². The number of halogens is 4. The van der Waals surface area contributed by atoms with Gasteiger partial charge in [0.15, 0.2) is 5.69 Å². The van der Waals surface area contributed by atoms with Crippen LogP contribution < -0.4 is 4.90 Å². The third-order valence-electron chi connectivity index (χ3n) is 2.93. The third-order valence-corrected chi connectivity index (χ3v) is 3.57. The van der Waals surface area contributed by atoms with Crippen molar-refractivity contribution in [1.82, 2.24) is 4.98 Å². The molecule has 1 aromatic rings. The van der Waals surface area contributed by atoms with Crippen LogP contribution in [-0.4, -0.2) is 28.6 Å². The molecule has 8 heteroatoms. The highest BCUT2D eigenvalue weighted by atomic mass is 79.9. The first-order valence-electron chi connectivity index (χ1n) is 5.54. The minimum absolute atomic E-state index is 0.0421. The number of pyridine rings is 1. The van der Waals surface area contributed by atoms with E-state index in [1.165, 1.54) is 17.0 Å². The Hall–Kier alpha value is -1.31. The van der Waals surface area contributed by atoms with Gasteiger partial charge in [0.25, 0.3) is 0 Å². The number of anilines is 1. The monoisotopic (exact) mass is 338 g/mol. The topological polar surface area (TPSA) is 53.4 Å². The molecular weight excluding hydrogens is 329 g/mol. The van der Waals surface area contributed by atoms with Crippen molar-refractivity contribution in [3.8, 4) is 0 Å². The Kier molecular flexibility index (Phi) is 3.71. The maximum atomic E-state index is 12.7. The first-order chi connectivity index (χ1) is 8.80. The Bertz CT molecular complexity index is 507. The van der Waals surface area contributed by atoms with E-state index in [2.05, 4.69) is 20.9 Å². The summed E-state index contributed by atoms with van der Waals surface area (Å²) < 4.78 is 38.1. The summed E-state index contributed by atoms with van der Waals surface area (Å²) in [5.41, 5.74) is -1.04. The highest BCUT2D eigenvalue weighted by Crippen LogP contribution is 2.35. The lowest BCUT2D eigenvalue weighted by Crippen LogP contribution is -2.36. The lowest BCUT2D eigenvalue weighted by Gasteiger charge is -2.23. The van der Waals surface area contributed by atoms with Crippen molar-refractivity contribution in [3.05, 3.63) is 22.3 Å². The van der Waals surface area contributed by atoms with Gasteiger partial charge in [0.05, 0.1) is 0 Å². The number of alkyl halides is 3. The minimum atomic E-state index is -4.58. The van der Waals surface area contributed by atoms with Crippen LogP contribution in [0.1, 0.15) is 18.5 Å². The van der Waals surface area contributed by atoms with Gasteiger partial charge < -0.3 is 10.0 Å². The minimum Gasteiger partial charge on any atom is -0.480 e. The molecule has 0 unspecified atom stereocenters. The second-order valence-corrected chi connectivity index (χ2v) is 5.04. The molecule has 1 atom stereocenters. The molecule has 0 spiro atoms. The fraction of sp³-hybridized carbons (Fsp3) is 0.455. The summed E-state index contributed by atoms with van der Waals surface area (Å²) >= 11 is 2.80. The summed E-state index contributed by atoms with van der Waals surface area (Å²) in [7, 11) is 0. The van der Waals surface area contributed by atoms with E-state index in [0.717, 1.165) is 0 Å². The van der Waals surface area contributed by atoms with E-state index < -0.39 is 23.9 Å². The predicted octanol–water partition coefficient (Wildman–Crippen LogP) is 2.92. The summed E-state index contributed by atoms with van der Waals surface area (Å²) in [4.78, 5) is 16.0. The van der Waals surface area contributed by atoms with E-state index in [-0.39, 0.29) is 10.3 Å². The molecule has 0 amide bonds. The third kappa shape index (κ3) is 2.83. The van der Waals surface area contributed by atoms with E-state index in [9.17, 15) is 18.0 Å². The van der Waals surface area contributed by atoms with E-state index in [0.29, 0.717) is 19.4 Å². The molecule has 1 N–H and O–H groups in total. The van der Waals surface area contributed by atoms with Crippen LogP contribution in [0.2, 0.25) is 0 Å². The molecule has 1 aliphatic heterocycles. The van der Waals surface area contributed by atoms with Crippen LogP contribution in [0.5, 0.6) is 0 Å². The van der Waals surface area contributed by atoms with Crippen LogP contribution in [0.4, 0.5) is 19.0 Å². The van der Waals surface area contributed by atoms with Gasteiger partial charge in [-0.15, -0.1) is 0 Å². The van der Waals surface area contributed by atoms with Gasteiger partial charge in [-0.1, -0.05) is 0 Å². The Balaban J connectivity index is 2.38. The number of aliphatic carboxylic acids is 1. The lowest BCUT2D eigenvalue weighted by atomic mass is 10.2. The average Bonchev–Trinajstić information content (AvgIpc) is 2.77. The number of carboxylic acid groups (broad SMARTS) is 1. The zero-order valence-corrected chi connectivity index (χ0v) is 11.2. The summed E-state index contributed by atoms with van der Waals surface area (Å²) in [6, 6.07) is 1.82. The highest BCUT2D eigenvalue weighted by Gasteiger charge is 2.37. The maximum Gasteiger partial charge on any atom is 0.434 e. The molecule has 4 nitrogen and oxygen atoms in total. The standard InChI is InChI=1S/C11H10BrF3N2O2/c12-6-3-4-8(16-9(6)11(13,14)15)17-5-1-2-7(17)10(18)19/h3-4,7H,1-2,5H2,(H,18,19)/t7-/m0/s1. The summed E-state index contributed by atoms with van der Waals surface area (Å²) in [5, 5.41) is 9.03. The van der Waals surface area contributed by atoms with Gasteiger partial charge in [-0.25, -0.2) is 9.78 Å². The number of nitrogens with zero attached hydrogens (tertiary/aromatic N) is 2. The zero-order valence-electron chi connectivity index (χ0n) is 9.62. The van der Waals surface area contributed by atoms with Gasteiger partial charge in [0, 0.05) is 11.0 Å². The number of hydrogen-bond donors (Lipinski definition) is 1. The molecule has 1 aliphatic rings. The molecule has 0 bridgehead atoms. The molecule has 0 aliphatic carbocycles. The molecule has 19 heavy (non-hydrogen) atoms. The first-order valence-corrected chi connectivity index (χ1v) is 6.33. The molecule has 104 valence electrons. The fourth-order valence-corrected chi connectivity index (χ4v) is 2.53. The van der Waals surface area contributed by atoms with Gasteiger partial charge in [0.2, 0.25) is 0 Å². The van der Waals surface area contributed by atoms with Crippen molar-refractivity contribution in [2.45, 2.75) is 25.1 Å². The quantitative estimate of drug-likeness (QED) is 0.900. The fourth-order valence-electron chi connectivity index (χ4n) is 2.09. The molecule has 1 saturated heterocycles. The molecule has 0 saturated carbocycles. The van der Waals surface area contributed by atoms with Gasteiger partial charge in [0.1, 0.15) is 11.9 Å². The molecule has 2 heterocycles. The number of rotatable bonds is 2. The smallest absolute Gasteiger partial charge is 0.434 e. The summed E-state index contributed by atoms with van der Waals surface area (Å²) in [6.45, 7) is 0.392. The summed E-state index contributed by atoms with van der Waals surface area (Å²) in [6.07, 6.45) is -3.54. The normalized spacial score (nSPS) is 19.8. The second-order valence-electron chi connectivity index (χ2n) is 4.19. The average molecular weight is 339 g/mol. The van der Waals surface area contributed by atoms with Crippen LogP contribution in [0.25, 0.3) is 0 Å². The predicted molar refractivity (Wildman–Crippen MR) is 64.9 cm³/mol. The molecular formula is C11H10BrF3N2O2. The number of carboxylic acids is 1. The Morgan fingerprint density at radius 2 is 2.16 bits per heavy atom. The second kappa shape index (κ2) is 4.99. The van der Waals surface area contributed by atoms with Gasteiger partial charge in [-0.05, 0) is 40.9 Å². The molecule has 1 aromatic heterocycles. The zero-order chi connectivity index (χ0) is 14.2. The largest absolute Gasteiger partial charge is 0.480 e. The van der Waals surface area contributed by atoms with Crippen molar-refractivity contribution in [2.24, 2.45) is 0 Å². The van der Waals surface area contributed by atoms with Crippen LogP contribution in [0.15, 0.2) is 16.6 Å². The van der Waals surface area contributed by atoms with Crippen molar-refractivity contribution in [3.63, 3.8) is 0 Å². The van der Waals surface area contributed by atoms with E-state index >= 15 is 0 Å². The van der Waals surface area contributed by atoms with Crippen molar-refractivity contribution < 1.29 is 23.1 Å². The Labute approximate surface area is 115 Å². The van der Waals surface area contributed by atoms with E-state index in [1.807, 2.05) is 0 Å². The Morgan fingerprint density at radius 1 is 1.47 bits per heavy atom. The van der Waals surface area contributed by atoms with E-state index in [4.69, 9.17) is 5.11 Å². The van der Waals surface area contributed by atoms with Crippen LogP contribution in [0, 0.1) is 0 Å². The van der Waals surface area contributed by atoms with Crippen LogP contribution >= 0.6 is 15.9 Å².